The van der Waals surface area contributed by atoms with Crippen LogP contribution in [0.15, 0.2) is 65.8 Å². The number of fused-ring (bicyclic) bond motifs is 1. The van der Waals surface area contributed by atoms with E-state index in [2.05, 4.69) is 10.3 Å². The first-order chi connectivity index (χ1) is 14.5. The lowest BCUT2D eigenvalue weighted by atomic mass is 10.1. The largest absolute Gasteiger partial charge is 0.332 e. The number of anilines is 1. The van der Waals surface area contributed by atoms with E-state index in [1.807, 2.05) is 37.3 Å². The van der Waals surface area contributed by atoms with Crippen LogP contribution in [0.1, 0.15) is 6.92 Å². The first-order valence-electron chi connectivity index (χ1n) is 9.36. The molecule has 2 heterocycles. The molecule has 2 aromatic carbocycles. The summed E-state index contributed by atoms with van der Waals surface area (Å²) in [4.78, 5) is 29.9. The number of rotatable bonds is 5. The molecule has 1 amide bonds. The van der Waals surface area contributed by atoms with Crippen molar-refractivity contribution in [2.45, 2.75) is 20.0 Å². The lowest BCUT2D eigenvalue weighted by molar-refractivity contribution is -0.116. The lowest BCUT2D eigenvalue weighted by Crippen LogP contribution is -2.24. The highest BCUT2D eigenvalue weighted by molar-refractivity contribution is 5.95. The van der Waals surface area contributed by atoms with Crippen LogP contribution in [-0.4, -0.2) is 20.0 Å². The van der Waals surface area contributed by atoms with Crippen LogP contribution >= 0.6 is 0 Å². The molecular weight excluding hydrogens is 390 g/mol. The summed E-state index contributed by atoms with van der Waals surface area (Å²) >= 11 is 0. The number of nitrogens with one attached hydrogen (secondary N) is 1. The number of benzene rings is 2. The molecule has 0 spiro atoms. The van der Waals surface area contributed by atoms with Gasteiger partial charge in [-0.15, -0.1) is 0 Å². The molecule has 0 aliphatic carbocycles. The number of nitrogens with zero attached hydrogens (tertiary/aromatic N) is 3. The van der Waals surface area contributed by atoms with E-state index in [1.165, 1.54) is 15.5 Å². The van der Waals surface area contributed by atoms with Gasteiger partial charge in [-0.2, -0.15) is 0 Å². The molecule has 0 aliphatic rings. The Morgan fingerprint density at radius 3 is 2.60 bits per heavy atom. The van der Waals surface area contributed by atoms with Crippen molar-refractivity contribution < 1.29 is 13.6 Å². The fourth-order valence-corrected chi connectivity index (χ4v) is 3.33. The van der Waals surface area contributed by atoms with Gasteiger partial charge in [0.05, 0.1) is 12.0 Å². The number of hydrogen-bond donors (Lipinski definition) is 1. The van der Waals surface area contributed by atoms with E-state index in [4.69, 9.17) is 0 Å². The molecule has 8 heteroatoms. The molecule has 6 nitrogen and oxygen atoms in total. The van der Waals surface area contributed by atoms with Crippen molar-refractivity contribution in [1.82, 2.24) is 14.1 Å². The Morgan fingerprint density at radius 1 is 1.10 bits per heavy atom. The van der Waals surface area contributed by atoms with E-state index in [9.17, 15) is 18.4 Å². The van der Waals surface area contributed by atoms with Gasteiger partial charge >= 0.3 is 0 Å². The van der Waals surface area contributed by atoms with Crippen molar-refractivity contribution in [3.8, 4) is 11.1 Å². The molecule has 0 unspecified atom stereocenters. The molecule has 0 aliphatic heterocycles. The molecule has 152 valence electrons. The summed E-state index contributed by atoms with van der Waals surface area (Å²) in [6, 6.07) is 12.2. The molecule has 0 bridgehead atoms. The van der Waals surface area contributed by atoms with Crippen LogP contribution in [0.2, 0.25) is 0 Å². The Hall–Kier alpha value is -3.81. The summed E-state index contributed by atoms with van der Waals surface area (Å²) in [5.41, 5.74) is 1.75. The number of amides is 1. The van der Waals surface area contributed by atoms with Crippen LogP contribution in [-0.2, 0) is 17.9 Å². The van der Waals surface area contributed by atoms with Crippen LogP contribution in [0.5, 0.6) is 0 Å². The minimum Gasteiger partial charge on any atom is -0.332 e. The van der Waals surface area contributed by atoms with Gasteiger partial charge in [-0.1, -0.05) is 30.3 Å². The van der Waals surface area contributed by atoms with Crippen molar-refractivity contribution >= 4 is 22.6 Å². The zero-order valence-corrected chi connectivity index (χ0v) is 16.1. The fraction of sp³-hybridized carbons (Fsp3) is 0.136. The average Bonchev–Trinajstić information content (AvgIpc) is 3.10. The van der Waals surface area contributed by atoms with Crippen LogP contribution in [0.4, 0.5) is 14.5 Å². The van der Waals surface area contributed by atoms with Gasteiger partial charge < -0.3 is 9.88 Å². The SMILES string of the molecule is CCn1cnc2c(-c3ccccc3)cn(CC(=O)Nc3cc(F)ccc3F)c2c1=O. The second-order valence-electron chi connectivity index (χ2n) is 6.74. The Kier molecular flexibility index (Phi) is 5.14. The fourth-order valence-electron chi connectivity index (χ4n) is 3.33. The van der Waals surface area contributed by atoms with Gasteiger partial charge in [-0.05, 0) is 24.6 Å². The third-order valence-corrected chi connectivity index (χ3v) is 4.78. The van der Waals surface area contributed by atoms with Gasteiger partial charge in [0.1, 0.15) is 29.2 Å². The topological polar surface area (TPSA) is 68.9 Å². The molecular formula is C22H18F2N4O2. The van der Waals surface area contributed by atoms with Crippen molar-refractivity contribution in [2.24, 2.45) is 0 Å². The quantitative estimate of drug-likeness (QED) is 0.546. The van der Waals surface area contributed by atoms with E-state index >= 15 is 0 Å². The van der Waals surface area contributed by atoms with Gasteiger partial charge in [0.2, 0.25) is 5.91 Å². The van der Waals surface area contributed by atoms with Gasteiger partial charge in [0.25, 0.3) is 5.56 Å². The molecule has 0 fully saturated rings. The standard InChI is InChI=1S/C22H18F2N4O2/c1-2-27-13-25-20-16(14-6-4-3-5-7-14)11-28(21(20)22(27)30)12-19(29)26-18-10-15(23)8-9-17(18)24/h3-11,13H,2,12H2,1H3,(H,26,29). The summed E-state index contributed by atoms with van der Waals surface area (Å²) in [5.74, 6) is -2.01. The highest BCUT2D eigenvalue weighted by atomic mass is 19.1. The zero-order valence-electron chi connectivity index (χ0n) is 16.1. The smallest absolute Gasteiger partial charge is 0.277 e. The Balaban J connectivity index is 1.77. The Bertz CT molecular complexity index is 1300. The maximum atomic E-state index is 13.9. The number of carbonyl (C=O) groups excluding carboxylic acids is 1. The minimum atomic E-state index is -0.748. The van der Waals surface area contributed by atoms with Gasteiger partial charge in [-0.3, -0.25) is 14.2 Å². The summed E-state index contributed by atoms with van der Waals surface area (Å²) in [6.45, 7) is 1.98. The monoisotopic (exact) mass is 408 g/mol. The van der Waals surface area contributed by atoms with E-state index in [1.54, 1.807) is 6.20 Å². The molecule has 0 atom stereocenters. The zero-order chi connectivity index (χ0) is 21.3. The minimum absolute atomic E-state index is 0.260. The summed E-state index contributed by atoms with van der Waals surface area (Å²) in [6.07, 6.45) is 3.15. The first kappa shape index (κ1) is 19.5. The molecule has 0 saturated heterocycles. The van der Waals surface area contributed by atoms with Crippen molar-refractivity contribution in [1.29, 1.82) is 0 Å². The van der Waals surface area contributed by atoms with Crippen LogP contribution in [0.3, 0.4) is 0 Å². The Labute approximate surface area is 170 Å². The molecule has 1 N–H and O–H groups in total. The predicted octanol–water partition coefficient (Wildman–Crippen LogP) is 3.80. The normalized spacial score (nSPS) is 11.0. The van der Waals surface area contributed by atoms with E-state index in [0.29, 0.717) is 17.6 Å². The van der Waals surface area contributed by atoms with Crippen molar-refractivity contribution in [2.75, 3.05) is 5.32 Å². The lowest BCUT2D eigenvalue weighted by Gasteiger charge is -2.09. The number of carbonyl (C=O) groups is 1. The van der Waals surface area contributed by atoms with Gasteiger partial charge in [-0.25, -0.2) is 13.8 Å². The third-order valence-electron chi connectivity index (χ3n) is 4.78. The first-order valence-corrected chi connectivity index (χ1v) is 9.36. The highest BCUT2D eigenvalue weighted by Gasteiger charge is 2.18. The van der Waals surface area contributed by atoms with Gasteiger partial charge in [0.15, 0.2) is 0 Å². The number of aryl methyl sites for hydroxylation is 1. The molecule has 0 saturated carbocycles. The van der Waals surface area contributed by atoms with Crippen molar-refractivity contribution in [3.63, 3.8) is 0 Å². The van der Waals surface area contributed by atoms with Crippen molar-refractivity contribution in [3.05, 3.63) is 83.0 Å². The average molecular weight is 408 g/mol. The maximum Gasteiger partial charge on any atom is 0.277 e. The van der Waals surface area contributed by atoms with Gasteiger partial charge in [0, 0.05) is 24.4 Å². The number of hydrogen-bond acceptors (Lipinski definition) is 3. The van der Waals surface area contributed by atoms with E-state index in [0.717, 1.165) is 23.8 Å². The summed E-state index contributed by atoms with van der Waals surface area (Å²) in [7, 11) is 0. The molecule has 0 radical (unpaired) electrons. The summed E-state index contributed by atoms with van der Waals surface area (Å²) in [5, 5.41) is 2.36. The Morgan fingerprint density at radius 2 is 1.87 bits per heavy atom. The van der Waals surface area contributed by atoms with E-state index < -0.39 is 17.5 Å². The van der Waals surface area contributed by atoms with Crippen LogP contribution < -0.4 is 10.9 Å². The molecule has 2 aromatic heterocycles. The molecule has 30 heavy (non-hydrogen) atoms. The highest BCUT2D eigenvalue weighted by Crippen LogP contribution is 2.27. The maximum absolute atomic E-state index is 13.9. The number of halogens is 2. The molecule has 4 aromatic rings. The second-order valence-corrected chi connectivity index (χ2v) is 6.74. The van der Waals surface area contributed by atoms with Crippen LogP contribution in [0, 0.1) is 11.6 Å². The molecule has 4 rings (SSSR count). The second kappa shape index (κ2) is 7.90. The predicted molar refractivity (Wildman–Crippen MR) is 110 cm³/mol. The van der Waals surface area contributed by atoms with Crippen LogP contribution in [0.25, 0.3) is 22.2 Å². The number of aromatic nitrogens is 3. The summed E-state index contributed by atoms with van der Waals surface area (Å²) < 4.78 is 30.2. The van der Waals surface area contributed by atoms with E-state index in [-0.39, 0.29) is 23.3 Å². The third kappa shape index (κ3) is 3.59.